The average Bonchev–Trinajstić information content (AvgIpc) is 2.63. The summed E-state index contributed by atoms with van der Waals surface area (Å²) in [5.74, 6) is 0.891. The Morgan fingerprint density at radius 2 is 1.23 bits per heavy atom. The first-order valence-corrected chi connectivity index (χ1v) is 10.5. The van der Waals surface area contributed by atoms with Gasteiger partial charge in [-0.3, -0.25) is 0 Å². The van der Waals surface area contributed by atoms with Gasteiger partial charge in [-0.15, -0.1) is 0 Å². The minimum atomic E-state index is -1.48. The molecule has 0 aliphatic heterocycles. The summed E-state index contributed by atoms with van der Waals surface area (Å²) in [4.78, 5) is 0. The van der Waals surface area contributed by atoms with Gasteiger partial charge in [0.15, 0.2) is 0 Å². The van der Waals surface area contributed by atoms with Crippen molar-refractivity contribution in [3.05, 3.63) is 72.0 Å². The van der Waals surface area contributed by atoms with Gasteiger partial charge in [0.2, 0.25) is 0 Å². The first-order chi connectivity index (χ1) is 12.5. The summed E-state index contributed by atoms with van der Waals surface area (Å²) in [6, 6.07) is 20.6. The lowest BCUT2D eigenvalue weighted by molar-refractivity contribution is 0.255. The minimum Gasteiger partial charge on any atom is -0.535 e. The fourth-order valence-corrected chi connectivity index (χ4v) is 5.16. The third-order valence-electron chi connectivity index (χ3n) is 4.11. The number of benzene rings is 2. The molecule has 2 N–H and O–H groups in total. The van der Waals surface area contributed by atoms with Crippen LogP contribution in [0.1, 0.15) is 33.6 Å². The van der Waals surface area contributed by atoms with Gasteiger partial charge in [0, 0.05) is 18.6 Å². The molecule has 0 saturated heterocycles. The Balaban J connectivity index is 2.51. The van der Waals surface area contributed by atoms with E-state index in [2.05, 4.69) is 45.0 Å². The lowest BCUT2D eigenvalue weighted by Gasteiger charge is -2.31. The predicted molar refractivity (Wildman–Crippen MR) is 109 cm³/mol. The van der Waals surface area contributed by atoms with E-state index in [1.807, 2.05) is 36.4 Å². The van der Waals surface area contributed by atoms with Crippen LogP contribution in [0.15, 0.2) is 72.0 Å². The summed E-state index contributed by atoms with van der Waals surface area (Å²) < 4.78 is 6.71. The fourth-order valence-electron chi connectivity index (χ4n) is 2.94. The molecular formula is C22H29O3Si. The zero-order valence-corrected chi connectivity index (χ0v) is 16.9. The highest BCUT2D eigenvalue weighted by Gasteiger charge is 2.29. The van der Waals surface area contributed by atoms with E-state index in [1.54, 1.807) is 0 Å². The Labute approximate surface area is 158 Å². The van der Waals surface area contributed by atoms with Gasteiger partial charge in [0.05, 0.1) is 5.76 Å². The van der Waals surface area contributed by atoms with Crippen molar-refractivity contribution >= 4 is 19.4 Å². The van der Waals surface area contributed by atoms with Gasteiger partial charge in [-0.2, -0.15) is 0 Å². The largest absolute Gasteiger partial charge is 0.535 e. The average molecular weight is 370 g/mol. The van der Waals surface area contributed by atoms with E-state index in [0.29, 0.717) is 12.8 Å². The minimum absolute atomic E-state index is 0.0526. The highest BCUT2D eigenvalue weighted by atomic mass is 28.3. The molecule has 4 heteroatoms. The molecule has 0 amide bonds. The molecule has 0 bridgehead atoms. The summed E-state index contributed by atoms with van der Waals surface area (Å²) in [5, 5.41) is 21.3. The van der Waals surface area contributed by atoms with Crippen LogP contribution in [0.3, 0.4) is 0 Å². The molecular weight excluding hydrogens is 340 g/mol. The summed E-state index contributed by atoms with van der Waals surface area (Å²) >= 11 is 0. The van der Waals surface area contributed by atoms with Crippen LogP contribution in [0.4, 0.5) is 0 Å². The molecule has 2 rings (SSSR count). The van der Waals surface area contributed by atoms with Crippen molar-refractivity contribution in [2.24, 2.45) is 5.41 Å². The normalized spacial score (nSPS) is 11.5. The van der Waals surface area contributed by atoms with Crippen LogP contribution in [0, 0.1) is 5.41 Å². The Morgan fingerprint density at radius 3 is 1.58 bits per heavy atom. The second kappa shape index (κ2) is 9.71. The second-order valence-electron chi connectivity index (χ2n) is 7.29. The van der Waals surface area contributed by atoms with Gasteiger partial charge in [0.1, 0.15) is 0 Å². The van der Waals surface area contributed by atoms with Gasteiger partial charge < -0.3 is 14.6 Å². The number of hydrogen-bond donors (Lipinski definition) is 2. The van der Waals surface area contributed by atoms with Crippen molar-refractivity contribution in [3.8, 4) is 0 Å². The first-order valence-electron chi connectivity index (χ1n) is 9.07. The SMILES string of the molecule is CC(C)(C)C(O[Si](c1ccccc1)c1ccccc1)=C(CCO)CCO. The number of rotatable bonds is 8. The quantitative estimate of drug-likeness (QED) is 0.556. The monoisotopic (exact) mass is 369 g/mol. The summed E-state index contributed by atoms with van der Waals surface area (Å²) in [6.07, 6.45) is 1.04. The Morgan fingerprint density at radius 1 is 0.808 bits per heavy atom. The molecule has 139 valence electrons. The van der Waals surface area contributed by atoms with E-state index in [9.17, 15) is 10.2 Å². The molecule has 2 aromatic carbocycles. The van der Waals surface area contributed by atoms with Gasteiger partial charge in [-0.1, -0.05) is 81.4 Å². The molecule has 0 heterocycles. The van der Waals surface area contributed by atoms with E-state index in [-0.39, 0.29) is 18.6 Å². The maximum absolute atomic E-state index is 9.48. The summed E-state index contributed by atoms with van der Waals surface area (Å²) in [5.41, 5.74) is 0.788. The van der Waals surface area contributed by atoms with Crippen molar-refractivity contribution in [2.75, 3.05) is 13.2 Å². The Hall–Kier alpha value is -1.88. The van der Waals surface area contributed by atoms with Crippen molar-refractivity contribution < 1.29 is 14.6 Å². The number of hydrogen-bond acceptors (Lipinski definition) is 3. The molecule has 3 nitrogen and oxygen atoms in total. The maximum Gasteiger partial charge on any atom is 0.352 e. The van der Waals surface area contributed by atoms with E-state index in [4.69, 9.17) is 4.43 Å². The van der Waals surface area contributed by atoms with Crippen LogP contribution < -0.4 is 10.4 Å². The molecule has 0 saturated carbocycles. The Kier molecular flexibility index (Phi) is 7.63. The third-order valence-corrected chi connectivity index (χ3v) is 6.23. The van der Waals surface area contributed by atoms with Crippen molar-refractivity contribution in [2.45, 2.75) is 33.6 Å². The molecule has 0 aromatic heterocycles. The van der Waals surface area contributed by atoms with Gasteiger partial charge >= 0.3 is 9.04 Å². The molecule has 0 atom stereocenters. The molecule has 0 unspecified atom stereocenters. The molecule has 1 radical (unpaired) electrons. The van der Waals surface area contributed by atoms with Gasteiger partial charge in [0.25, 0.3) is 0 Å². The van der Waals surface area contributed by atoms with E-state index in [1.165, 1.54) is 10.4 Å². The van der Waals surface area contributed by atoms with Crippen molar-refractivity contribution in [1.82, 2.24) is 0 Å². The molecule has 0 aliphatic carbocycles. The number of allylic oxidation sites excluding steroid dienone is 1. The second-order valence-corrected chi connectivity index (χ2v) is 9.31. The lowest BCUT2D eigenvalue weighted by Crippen LogP contribution is -2.46. The van der Waals surface area contributed by atoms with Crippen molar-refractivity contribution in [1.29, 1.82) is 0 Å². The van der Waals surface area contributed by atoms with Crippen LogP contribution in [-0.2, 0) is 4.43 Å². The number of aliphatic hydroxyl groups is 2. The summed E-state index contributed by atoms with van der Waals surface area (Å²) in [7, 11) is -1.48. The third kappa shape index (κ3) is 5.56. The van der Waals surface area contributed by atoms with E-state index in [0.717, 1.165) is 11.3 Å². The highest BCUT2D eigenvalue weighted by Crippen LogP contribution is 2.32. The lowest BCUT2D eigenvalue weighted by atomic mass is 9.89. The van der Waals surface area contributed by atoms with Crippen LogP contribution >= 0.6 is 0 Å². The maximum atomic E-state index is 9.48. The van der Waals surface area contributed by atoms with Crippen LogP contribution in [0.5, 0.6) is 0 Å². The Bertz CT molecular complexity index is 643. The fraction of sp³-hybridized carbons (Fsp3) is 0.364. The van der Waals surface area contributed by atoms with Crippen LogP contribution in [-0.4, -0.2) is 32.5 Å². The topological polar surface area (TPSA) is 49.7 Å². The molecule has 0 aliphatic rings. The van der Waals surface area contributed by atoms with Gasteiger partial charge in [-0.05, 0) is 28.8 Å². The predicted octanol–water partition coefficient (Wildman–Crippen LogP) is 2.87. The first kappa shape index (κ1) is 20.4. The van der Waals surface area contributed by atoms with Crippen LogP contribution in [0.25, 0.3) is 0 Å². The zero-order chi connectivity index (χ0) is 19.0. The van der Waals surface area contributed by atoms with Gasteiger partial charge in [-0.25, -0.2) is 0 Å². The van der Waals surface area contributed by atoms with Crippen molar-refractivity contribution in [3.63, 3.8) is 0 Å². The molecule has 0 spiro atoms. The molecule has 0 fully saturated rings. The number of aliphatic hydroxyl groups excluding tert-OH is 2. The molecule has 26 heavy (non-hydrogen) atoms. The molecule has 2 aromatic rings. The van der Waals surface area contributed by atoms with E-state index < -0.39 is 9.04 Å². The van der Waals surface area contributed by atoms with Crippen LogP contribution in [0.2, 0.25) is 0 Å². The highest BCUT2D eigenvalue weighted by molar-refractivity contribution is 6.80. The smallest absolute Gasteiger partial charge is 0.352 e. The standard InChI is InChI=1S/C22H29O3Si/c1-22(2,3)21(18(14-16-23)15-17-24)25-26(19-10-6-4-7-11-19)20-12-8-5-9-13-20/h4-13,23-24H,14-17H2,1-3H3. The zero-order valence-electron chi connectivity index (χ0n) is 15.9. The summed E-state index contributed by atoms with van der Waals surface area (Å²) in [6.45, 7) is 6.46. The van der Waals surface area contributed by atoms with E-state index >= 15 is 0 Å².